The second-order valence-corrected chi connectivity index (χ2v) is 4.23. The zero-order valence-corrected chi connectivity index (χ0v) is 8.62. The van der Waals surface area contributed by atoms with Crippen LogP contribution in [0.5, 0.6) is 0 Å². The largest absolute Gasteiger partial charge is 0.463 e. The standard InChI is InChI=1S/C9H15NO4/c1-9(2,3)10-8(12)14-6-4-5-13-7(6)11/h6H,4-5H2,1-3H3,(H,10,12). The molecule has 1 aliphatic rings. The van der Waals surface area contributed by atoms with E-state index in [2.05, 4.69) is 10.1 Å². The van der Waals surface area contributed by atoms with Gasteiger partial charge in [-0.2, -0.15) is 0 Å². The van der Waals surface area contributed by atoms with Gasteiger partial charge in [-0.05, 0) is 20.8 Å². The Balaban J connectivity index is 2.37. The molecule has 1 aliphatic heterocycles. The van der Waals surface area contributed by atoms with Crippen molar-refractivity contribution in [1.29, 1.82) is 0 Å². The zero-order valence-electron chi connectivity index (χ0n) is 8.62. The summed E-state index contributed by atoms with van der Waals surface area (Å²) in [5.74, 6) is -0.464. The summed E-state index contributed by atoms with van der Waals surface area (Å²) in [7, 11) is 0. The first kappa shape index (κ1) is 10.8. The average molecular weight is 201 g/mol. The molecule has 1 heterocycles. The lowest BCUT2D eigenvalue weighted by Gasteiger charge is -2.20. The van der Waals surface area contributed by atoms with Gasteiger partial charge in [0.05, 0.1) is 6.61 Å². The molecule has 14 heavy (non-hydrogen) atoms. The zero-order chi connectivity index (χ0) is 10.8. The van der Waals surface area contributed by atoms with E-state index in [0.717, 1.165) is 0 Å². The number of rotatable bonds is 1. The first-order valence-corrected chi connectivity index (χ1v) is 4.54. The van der Waals surface area contributed by atoms with Crippen molar-refractivity contribution < 1.29 is 19.1 Å². The number of alkyl carbamates (subject to hydrolysis) is 1. The van der Waals surface area contributed by atoms with Crippen LogP contribution >= 0.6 is 0 Å². The molecule has 5 nitrogen and oxygen atoms in total. The van der Waals surface area contributed by atoms with Crippen molar-refractivity contribution in [3.05, 3.63) is 0 Å². The summed E-state index contributed by atoms with van der Waals surface area (Å²) in [6, 6.07) is 0. The highest BCUT2D eigenvalue weighted by atomic mass is 16.6. The Morgan fingerprint density at radius 3 is 2.64 bits per heavy atom. The van der Waals surface area contributed by atoms with E-state index in [9.17, 15) is 9.59 Å². The third-order valence-electron chi connectivity index (χ3n) is 1.61. The number of nitrogens with one attached hydrogen (secondary N) is 1. The highest BCUT2D eigenvalue weighted by Gasteiger charge is 2.30. The Hall–Kier alpha value is -1.26. The monoisotopic (exact) mass is 201 g/mol. The van der Waals surface area contributed by atoms with E-state index in [1.807, 2.05) is 20.8 Å². The fraction of sp³-hybridized carbons (Fsp3) is 0.778. The maximum Gasteiger partial charge on any atom is 0.408 e. The fourth-order valence-electron chi connectivity index (χ4n) is 1.05. The number of ether oxygens (including phenoxy) is 2. The Labute approximate surface area is 82.8 Å². The average Bonchev–Trinajstić information content (AvgIpc) is 2.32. The first-order chi connectivity index (χ1) is 6.38. The molecule has 1 rings (SSSR count). The van der Waals surface area contributed by atoms with Gasteiger partial charge < -0.3 is 14.8 Å². The Morgan fingerprint density at radius 1 is 1.57 bits per heavy atom. The molecule has 0 radical (unpaired) electrons. The quantitative estimate of drug-likeness (QED) is 0.638. The lowest BCUT2D eigenvalue weighted by atomic mass is 10.1. The van der Waals surface area contributed by atoms with Crippen molar-refractivity contribution in [3.8, 4) is 0 Å². The lowest BCUT2D eigenvalue weighted by molar-refractivity contribution is -0.144. The summed E-state index contributed by atoms with van der Waals surface area (Å²) < 4.78 is 9.53. The molecule has 0 aromatic carbocycles. The molecule has 0 bridgehead atoms. The van der Waals surface area contributed by atoms with Crippen molar-refractivity contribution in [2.45, 2.75) is 38.8 Å². The molecule has 5 heteroatoms. The van der Waals surface area contributed by atoms with E-state index in [1.54, 1.807) is 0 Å². The second-order valence-electron chi connectivity index (χ2n) is 4.23. The Morgan fingerprint density at radius 2 is 2.21 bits per heavy atom. The molecule has 1 N–H and O–H groups in total. The maximum absolute atomic E-state index is 11.2. The third kappa shape index (κ3) is 3.24. The van der Waals surface area contributed by atoms with Crippen LogP contribution in [0, 0.1) is 0 Å². The number of amides is 1. The Bertz CT molecular complexity index is 244. The van der Waals surface area contributed by atoms with E-state index in [4.69, 9.17) is 4.74 Å². The van der Waals surface area contributed by atoms with E-state index >= 15 is 0 Å². The smallest absolute Gasteiger partial charge is 0.408 e. The van der Waals surface area contributed by atoms with Crippen LogP contribution in [0.3, 0.4) is 0 Å². The minimum atomic E-state index is -0.739. The van der Waals surface area contributed by atoms with Gasteiger partial charge in [-0.3, -0.25) is 0 Å². The molecule has 0 aliphatic carbocycles. The van der Waals surface area contributed by atoms with Crippen LogP contribution in [0.1, 0.15) is 27.2 Å². The van der Waals surface area contributed by atoms with Crippen LogP contribution in [-0.4, -0.2) is 30.3 Å². The lowest BCUT2D eigenvalue weighted by Crippen LogP contribution is -2.42. The highest BCUT2D eigenvalue weighted by molar-refractivity contribution is 5.80. The predicted molar refractivity (Wildman–Crippen MR) is 48.7 cm³/mol. The van der Waals surface area contributed by atoms with Crippen molar-refractivity contribution in [2.75, 3.05) is 6.61 Å². The minimum absolute atomic E-state index is 0.326. The van der Waals surface area contributed by atoms with E-state index in [0.29, 0.717) is 13.0 Å². The van der Waals surface area contributed by atoms with E-state index in [-0.39, 0.29) is 5.54 Å². The molecule has 1 atom stereocenters. The van der Waals surface area contributed by atoms with Crippen LogP contribution in [0.2, 0.25) is 0 Å². The van der Waals surface area contributed by atoms with Crippen LogP contribution in [0.15, 0.2) is 0 Å². The van der Waals surface area contributed by atoms with Gasteiger partial charge in [-0.15, -0.1) is 0 Å². The molecule has 0 aromatic rings. The van der Waals surface area contributed by atoms with Crippen molar-refractivity contribution in [3.63, 3.8) is 0 Å². The third-order valence-corrected chi connectivity index (χ3v) is 1.61. The van der Waals surface area contributed by atoms with Gasteiger partial charge in [0, 0.05) is 12.0 Å². The van der Waals surface area contributed by atoms with Gasteiger partial charge in [0.25, 0.3) is 0 Å². The summed E-state index contributed by atoms with van der Waals surface area (Å²) in [4.78, 5) is 22.2. The number of hydrogen-bond acceptors (Lipinski definition) is 4. The van der Waals surface area contributed by atoms with Crippen LogP contribution in [0.25, 0.3) is 0 Å². The van der Waals surface area contributed by atoms with Gasteiger partial charge in [-0.25, -0.2) is 9.59 Å². The molecular formula is C9H15NO4. The van der Waals surface area contributed by atoms with Crippen LogP contribution < -0.4 is 5.32 Å². The molecule has 1 unspecified atom stereocenters. The van der Waals surface area contributed by atoms with Gasteiger partial charge in [-0.1, -0.05) is 0 Å². The predicted octanol–water partition coefficient (Wildman–Crippen LogP) is 0.827. The second kappa shape index (κ2) is 3.86. The van der Waals surface area contributed by atoms with Crippen molar-refractivity contribution in [2.24, 2.45) is 0 Å². The first-order valence-electron chi connectivity index (χ1n) is 4.54. The molecule has 0 saturated carbocycles. The van der Waals surface area contributed by atoms with E-state index in [1.165, 1.54) is 0 Å². The van der Waals surface area contributed by atoms with Crippen LogP contribution in [0.4, 0.5) is 4.79 Å². The molecule has 80 valence electrons. The molecule has 0 spiro atoms. The number of carbonyl (C=O) groups is 2. The highest BCUT2D eigenvalue weighted by Crippen LogP contribution is 2.11. The summed E-state index contributed by atoms with van der Waals surface area (Å²) in [6.07, 6.45) is -0.880. The molecular weight excluding hydrogens is 186 g/mol. The summed E-state index contributed by atoms with van der Waals surface area (Å²) >= 11 is 0. The van der Waals surface area contributed by atoms with Gasteiger partial charge >= 0.3 is 12.1 Å². The number of hydrogen-bond donors (Lipinski definition) is 1. The normalized spacial score (nSPS) is 21.6. The Kier molecular flexibility index (Phi) is 2.98. The summed E-state index contributed by atoms with van der Waals surface area (Å²) in [6.45, 7) is 5.83. The van der Waals surface area contributed by atoms with Crippen molar-refractivity contribution in [1.82, 2.24) is 5.32 Å². The summed E-state index contributed by atoms with van der Waals surface area (Å²) in [5, 5.41) is 2.60. The number of esters is 1. The molecule has 1 amide bonds. The SMILES string of the molecule is CC(C)(C)NC(=O)OC1CCOC1=O. The molecule has 0 aromatic heterocycles. The summed E-state index contributed by atoms with van der Waals surface area (Å²) in [5.41, 5.74) is -0.362. The minimum Gasteiger partial charge on any atom is -0.463 e. The van der Waals surface area contributed by atoms with Crippen molar-refractivity contribution >= 4 is 12.1 Å². The maximum atomic E-state index is 11.2. The fourth-order valence-corrected chi connectivity index (χ4v) is 1.05. The topological polar surface area (TPSA) is 64.6 Å². The van der Waals surface area contributed by atoms with Crippen LogP contribution in [-0.2, 0) is 14.3 Å². The number of carbonyl (C=O) groups excluding carboxylic acids is 2. The van der Waals surface area contributed by atoms with E-state index < -0.39 is 18.2 Å². The number of cyclic esters (lactones) is 1. The molecule has 1 saturated heterocycles. The van der Waals surface area contributed by atoms with Gasteiger partial charge in [0.15, 0.2) is 0 Å². The molecule has 1 fully saturated rings. The van der Waals surface area contributed by atoms with Gasteiger partial charge in [0.2, 0.25) is 6.10 Å². The van der Waals surface area contributed by atoms with Gasteiger partial charge in [0.1, 0.15) is 0 Å².